The molecule has 2 fully saturated rings. The second-order valence-electron chi connectivity index (χ2n) is 8.82. The molecule has 2 aliphatic heterocycles. The minimum Gasteiger partial charge on any atom is -0.382 e. The molecule has 12 heteroatoms. The number of nitrogens with two attached hydrogens (primary N) is 1. The number of nitrogens with one attached hydrogen (secondary N) is 1. The fourth-order valence-corrected chi connectivity index (χ4v) is 7.11. The lowest BCUT2D eigenvalue weighted by Gasteiger charge is -2.24. The molecular formula is C22H23N5O5S2. The first kappa shape index (κ1) is 21.9. The lowest BCUT2D eigenvalue weighted by Crippen LogP contribution is -2.39. The van der Waals surface area contributed by atoms with Crippen molar-refractivity contribution in [1.82, 2.24) is 19.3 Å². The van der Waals surface area contributed by atoms with Crippen LogP contribution in [0.25, 0.3) is 15.6 Å². The zero-order chi connectivity index (χ0) is 23.7. The number of rotatable bonds is 5. The van der Waals surface area contributed by atoms with Crippen molar-refractivity contribution in [3.05, 3.63) is 54.5 Å². The number of aromatic nitrogens is 3. The van der Waals surface area contributed by atoms with Gasteiger partial charge in [-0.3, -0.25) is 0 Å². The van der Waals surface area contributed by atoms with Gasteiger partial charge in [0.05, 0.1) is 5.69 Å². The Hall–Kier alpha value is -2.61. The molecule has 34 heavy (non-hydrogen) atoms. The van der Waals surface area contributed by atoms with E-state index in [9.17, 15) is 8.42 Å². The van der Waals surface area contributed by atoms with Gasteiger partial charge in [0.2, 0.25) is 10.0 Å². The third-order valence-electron chi connectivity index (χ3n) is 6.09. The highest BCUT2D eigenvalue weighted by molar-refractivity contribution is 7.91. The van der Waals surface area contributed by atoms with E-state index in [4.69, 9.17) is 19.9 Å². The largest absolute Gasteiger partial charge is 0.382 e. The molecule has 0 aliphatic carbocycles. The van der Waals surface area contributed by atoms with E-state index in [-0.39, 0.29) is 10.8 Å². The van der Waals surface area contributed by atoms with Crippen LogP contribution in [0, 0.1) is 0 Å². The number of nitrogens with zero attached hydrogens (tertiary/aromatic N) is 3. The molecule has 0 radical (unpaired) electrons. The predicted molar refractivity (Wildman–Crippen MR) is 126 cm³/mol. The number of ether oxygens (including phenoxy) is 3. The maximum absolute atomic E-state index is 13.0. The number of fused-ring (bicyclic) bond motifs is 3. The van der Waals surface area contributed by atoms with E-state index in [0.717, 1.165) is 15.8 Å². The first-order valence-corrected chi connectivity index (χ1v) is 13.1. The topological polar surface area (TPSA) is 130 Å². The Labute approximate surface area is 199 Å². The number of hydrogen-bond acceptors (Lipinski definition) is 9. The van der Waals surface area contributed by atoms with Gasteiger partial charge in [-0.25, -0.2) is 22.6 Å². The van der Waals surface area contributed by atoms with Gasteiger partial charge in [-0.1, -0.05) is 18.2 Å². The number of thiophene rings is 1. The molecule has 3 N–H and O–H groups in total. The van der Waals surface area contributed by atoms with E-state index in [2.05, 4.69) is 14.8 Å². The SMILES string of the molecule is CC1(C)O[C@@H]2[C@H](O1)[C@@H](CNS(=O)(=O)c1cc3ccccc3s1)O[C@H]2c1ccc2c(N)ncnn12. The average Bonchev–Trinajstić information content (AvgIpc) is 3.54. The summed E-state index contributed by atoms with van der Waals surface area (Å²) in [6.07, 6.45) is -0.615. The van der Waals surface area contributed by atoms with Crippen molar-refractivity contribution in [3.8, 4) is 0 Å². The van der Waals surface area contributed by atoms with Gasteiger partial charge in [-0.15, -0.1) is 11.3 Å². The number of nitrogen functional groups attached to an aromatic ring is 1. The van der Waals surface area contributed by atoms with Crippen LogP contribution in [0.4, 0.5) is 5.82 Å². The summed E-state index contributed by atoms with van der Waals surface area (Å²) in [7, 11) is -3.73. The van der Waals surface area contributed by atoms with E-state index in [1.165, 1.54) is 17.7 Å². The molecule has 1 aromatic carbocycles. The maximum Gasteiger partial charge on any atom is 0.250 e. The Balaban J connectivity index is 1.27. The second-order valence-corrected chi connectivity index (χ2v) is 11.9. The van der Waals surface area contributed by atoms with Gasteiger partial charge in [0, 0.05) is 11.2 Å². The van der Waals surface area contributed by atoms with E-state index < -0.39 is 40.2 Å². The van der Waals surface area contributed by atoms with Gasteiger partial charge >= 0.3 is 0 Å². The van der Waals surface area contributed by atoms with Crippen LogP contribution in [-0.2, 0) is 24.2 Å². The molecule has 0 unspecified atom stereocenters. The van der Waals surface area contributed by atoms with Crippen molar-refractivity contribution < 1.29 is 22.6 Å². The number of benzene rings is 1. The standard InChI is InChI=1S/C22H23N5O5S2/c1-22(2)31-19-15(10-26-34(28,29)17-9-12-5-3-4-6-16(12)33-17)30-18(20(19)32-22)13-7-8-14-21(23)24-11-25-27(13)14/h3-9,11,15,18-20,26H,10H2,1-2H3,(H2,23,24,25)/t15-,18+,19-,20+/m1/s1. The minimum atomic E-state index is -3.73. The van der Waals surface area contributed by atoms with Crippen molar-refractivity contribution in [2.75, 3.05) is 12.3 Å². The molecule has 10 nitrogen and oxygen atoms in total. The number of hydrogen-bond donors (Lipinski definition) is 2. The van der Waals surface area contributed by atoms with E-state index >= 15 is 0 Å². The Morgan fingerprint density at radius 1 is 1.18 bits per heavy atom. The van der Waals surface area contributed by atoms with E-state index in [1.807, 2.05) is 50.2 Å². The molecule has 0 spiro atoms. The fraction of sp³-hybridized carbons (Fsp3) is 0.364. The summed E-state index contributed by atoms with van der Waals surface area (Å²) in [5.41, 5.74) is 7.37. The molecule has 5 heterocycles. The van der Waals surface area contributed by atoms with Crippen LogP contribution in [0.3, 0.4) is 0 Å². The molecule has 0 bridgehead atoms. The lowest BCUT2D eigenvalue weighted by molar-refractivity contribution is -0.187. The van der Waals surface area contributed by atoms with Crippen LogP contribution in [0.2, 0.25) is 0 Å². The van der Waals surface area contributed by atoms with Crippen LogP contribution in [-0.4, -0.2) is 53.7 Å². The van der Waals surface area contributed by atoms with E-state index in [1.54, 1.807) is 10.6 Å². The summed E-state index contributed by atoms with van der Waals surface area (Å²) >= 11 is 1.23. The summed E-state index contributed by atoms with van der Waals surface area (Å²) < 4.78 is 50.2. The van der Waals surface area contributed by atoms with Crippen molar-refractivity contribution in [1.29, 1.82) is 0 Å². The van der Waals surface area contributed by atoms with Gasteiger partial charge in [0.1, 0.15) is 40.5 Å². The minimum absolute atomic E-state index is 0.0358. The molecular weight excluding hydrogens is 478 g/mol. The van der Waals surface area contributed by atoms with Crippen LogP contribution in [0.15, 0.2) is 53.0 Å². The van der Waals surface area contributed by atoms with Crippen LogP contribution in [0.1, 0.15) is 25.6 Å². The van der Waals surface area contributed by atoms with Crippen molar-refractivity contribution in [3.63, 3.8) is 0 Å². The monoisotopic (exact) mass is 501 g/mol. The smallest absolute Gasteiger partial charge is 0.250 e. The molecule has 2 saturated heterocycles. The van der Waals surface area contributed by atoms with Gasteiger partial charge in [0.25, 0.3) is 0 Å². The van der Waals surface area contributed by atoms with Crippen molar-refractivity contribution in [2.45, 2.75) is 48.3 Å². The summed E-state index contributed by atoms with van der Waals surface area (Å²) in [5, 5.41) is 5.20. The Kier molecular flexibility index (Phi) is 4.96. The highest BCUT2D eigenvalue weighted by Gasteiger charge is 2.56. The average molecular weight is 502 g/mol. The third-order valence-corrected chi connectivity index (χ3v) is 9.11. The van der Waals surface area contributed by atoms with Crippen LogP contribution >= 0.6 is 11.3 Å². The normalized spacial score (nSPS) is 26.4. The van der Waals surface area contributed by atoms with Gasteiger partial charge in [0.15, 0.2) is 11.6 Å². The van der Waals surface area contributed by atoms with E-state index in [0.29, 0.717) is 11.3 Å². The highest BCUT2D eigenvalue weighted by atomic mass is 32.2. The van der Waals surface area contributed by atoms with Gasteiger partial charge < -0.3 is 19.9 Å². The quantitative estimate of drug-likeness (QED) is 0.427. The summed E-state index contributed by atoms with van der Waals surface area (Å²) in [4.78, 5) is 4.03. The molecule has 3 aromatic heterocycles. The molecule has 0 saturated carbocycles. The first-order valence-electron chi connectivity index (χ1n) is 10.8. The number of anilines is 1. The van der Waals surface area contributed by atoms with Crippen LogP contribution < -0.4 is 10.5 Å². The lowest BCUT2D eigenvalue weighted by atomic mass is 10.1. The zero-order valence-corrected chi connectivity index (χ0v) is 20.0. The summed E-state index contributed by atoms with van der Waals surface area (Å²) in [6, 6.07) is 12.9. The third kappa shape index (κ3) is 3.58. The Morgan fingerprint density at radius 3 is 2.79 bits per heavy atom. The summed E-state index contributed by atoms with van der Waals surface area (Å²) in [5.74, 6) is -0.478. The molecule has 4 aromatic rings. The van der Waals surface area contributed by atoms with Gasteiger partial charge in [-0.2, -0.15) is 5.10 Å². The predicted octanol–water partition coefficient (Wildman–Crippen LogP) is 2.46. The van der Waals surface area contributed by atoms with Crippen LogP contribution in [0.5, 0.6) is 0 Å². The first-order chi connectivity index (χ1) is 16.2. The van der Waals surface area contributed by atoms with Gasteiger partial charge in [-0.05, 0) is 43.5 Å². The van der Waals surface area contributed by atoms with Crippen molar-refractivity contribution in [2.24, 2.45) is 0 Å². The highest BCUT2D eigenvalue weighted by Crippen LogP contribution is 2.45. The second kappa shape index (κ2) is 7.70. The number of sulfonamides is 1. The van der Waals surface area contributed by atoms with Crippen molar-refractivity contribution >= 4 is 42.8 Å². The maximum atomic E-state index is 13.0. The zero-order valence-electron chi connectivity index (χ0n) is 18.4. The Morgan fingerprint density at radius 2 is 1.97 bits per heavy atom. The summed E-state index contributed by atoms with van der Waals surface area (Å²) in [6.45, 7) is 3.70. The Bertz CT molecular complexity index is 1460. The molecule has 6 rings (SSSR count). The molecule has 0 amide bonds. The fourth-order valence-electron chi connectivity index (χ4n) is 4.63. The molecule has 4 atom stereocenters. The molecule has 178 valence electrons. The molecule has 2 aliphatic rings.